The third-order valence-electron chi connectivity index (χ3n) is 20.2. The van der Waals surface area contributed by atoms with Gasteiger partial charge < -0.3 is 14.2 Å². The van der Waals surface area contributed by atoms with Crippen molar-refractivity contribution in [3.05, 3.63) is 195 Å². The number of anilines is 6. The number of hydrogen-bond donors (Lipinski definition) is 0. The van der Waals surface area contributed by atoms with Gasteiger partial charge in [0.2, 0.25) is 0 Å². The van der Waals surface area contributed by atoms with E-state index in [1.165, 1.54) is 129 Å². The average molecular weight is 993 g/mol. The molecule has 0 radical (unpaired) electrons. The van der Waals surface area contributed by atoms with Crippen LogP contribution in [0.2, 0.25) is 0 Å². The number of fused-ring (bicyclic) bond motifs is 12. The number of aryl methyl sites for hydroxylation is 2. The van der Waals surface area contributed by atoms with Gasteiger partial charge in [0.25, 0.3) is 6.71 Å². The van der Waals surface area contributed by atoms with E-state index in [0.29, 0.717) is 0 Å². The summed E-state index contributed by atoms with van der Waals surface area (Å²) in [5, 5.41) is 2.41. The highest BCUT2D eigenvalue weighted by molar-refractivity contribution is 7.01. The standard InChI is InChI=1S/C72H73BN2O/c1-42-34-61-64-62(35-42)75(59-39-52-50(36-43(59)2)67(3,4)30-32-69(52,7)8)60-40-55-54(71(11,12)48-25-19-20-26-49(48)72(55,13)14)38-56(60)73(64)65-58(74(61)57-27-21-18-24-45(57)44-22-16-15-17-23-44)29-28-46-47-37-51-53(41-63(47)76-66(46)65)70(9,10)33-31-68(51,5)6/h15-29,34-41H,30-33H2,1-14H3. The van der Waals surface area contributed by atoms with Crippen LogP contribution in [0, 0.1) is 13.8 Å². The molecule has 0 atom stereocenters. The summed E-state index contributed by atoms with van der Waals surface area (Å²) in [7, 11) is 0. The Bertz CT molecular complexity index is 3990. The Morgan fingerprint density at radius 3 is 1.54 bits per heavy atom. The van der Waals surface area contributed by atoms with Crippen LogP contribution < -0.4 is 26.2 Å². The van der Waals surface area contributed by atoms with E-state index >= 15 is 0 Å². The Balaban J connectivity index is 1.15. The lowest BCUT2D eigenvalue weighted by Gasteiger charge is -2.49. The van der Waals surface area contributed by atoms with Crippen LogP contribution in [0.3, 0.4) is 0 Å². The molecule has 0 saturated carbocycles. The maximum atomic E-state index is 7.66. The monoisotopic (exact) mass is 993 g/mol. The average Bonchev–Trinajstić information content (AvgIpc) is 3.88. The minimum atomic E-state index is -0.253. The Morgan fingerprint density at radius 1 is 0.395 bits per heavy atom. The molecular formula is C72H73BN2O. The predicted octanol–water partition coefficient (Wildman–Crippen LogP) is 17.6. The topological polar surface area (TPSA) is 19.6 Å². The van der Waals surface area contributed by atoms with Crippen molar-refractivity contribution in [1.29, 1.82) is 0 Å². The van der Waals surface area contributed by atoms with Crippen LogP contribution in [0.4, 0.5) is 34.1 Å². The van der Waals surface area contributed by atoms with Crippen molar-refractivity contribution in [2.45, 2.75) is 155 Å². The molecule has 3 heterocycles. The lowest BCUT2D eigenvalue weighted by molar-refractivity contribution is 0.332. The van der Waals surface area contributed by atoms with E-state index < -0.39 is 0 Å². The number of furan rings is 1. The number of hydrogen-bond acceptors (Lipinski definition) is 3. The van der Waals surface area contributed by atoms with Crippen molar-refractivity contribution in [3.8, 4) is 11.1 Å². The number of para-hydroxylation sites is 1. The molecule has 3 aliphatic carbocycles. The minimum Gasteiger partial charge on any atom is -0.457 e. The summed E-state index contributed by atoms with van der Waals surface area (Å²) in [4.78, 5) is 5.33. The second-order valence-corrected chi connectivity index (χ2v) is 27.5. The summed E-state index contributed by atoms with van der Waals surface area (Å²) in [5.74, 6) is 0. The van der Waals surface area contributed by atoms with E-state index in [2.05, 4.69) is 246 Å². The smallest absolute Gasteiger partial charge is 0.257 e. The summed E-state index contributed by atoms with van der Waals surface area (Å²) < 4.78 is 7.66. The molecule has 0 unspecified atom stereocenters. The predicted molar refractivity (Wildman–Crippen MR) is 324 cm³/mol. The van der Waals surface area contributed by atoms with Crippen molar-refractivity contribution < 1.29 is 4.42 Å². The van der Waals surface area contributed by atoms with Crippen LogP contribution in [0.1, 0.15) is 164 Å². The Kier molecular flexibility index (Phi) is 9.69. The van der Waals surface area contributed by atoms with Crippen molar-refractivity contribution in [2.75, 3.05) is 9.80 Å². The van der Waals surface area contributed by atoms with Gasteiger partial charge in [-0.3, -0.25) is 0 Å². The number of benzene rings is 8. The number of nitrogens with zero attached hydrogens (tertiary/aromatic N) is 2. The van der Waals surface area contributed by atoms with Gasteiger partial charge in [0.15, 0.2) is 0 Å². The van der Waals surface area contributed by atoms with Gasteiger partial charge in [0, 0.05) is 55.6 Å². The first kappa shape index (κ1) is 47.7. The first-order chi connectivity index (χ1) is 36.0. The van der Waals surface area contributed by atoms with E-state index in [0.717, 1.165) is 36.1 Å². The van der Waals surface area contributed by atoms with Crippen LogP contribution in [0.15, 0.2) is 144 Å². The van der Waals surface area contributed by atoms with Gasteiger partial charge >= 0.3 is 0 Å². The van der Waals surface area contributed by atoms with Gasteiger partial charge in [0.1, 0.15) is 11.2 Å². The largest absolute Gasteiger partial charge is 0.457 e. The molecule has 2 aliphatic heterocycles. The van der Waals surface area contributed by atoms with Gasteiger partial charge in [-0.15, -0.1) is 0 Å². The third-order valence-corrected chi connectivity index (χ3v) is 20.2. The molecule has 0 N–H and O–H groups in total. The molecule has 3 nitrogen and oxygen atoms in total. The Hall–Kier alpha value is -6.78. The zero-order chi connectivity index (χ0) is 53.0. The second-order valence-electron chi connectivity index (χ2n) is 27.5. The molecule has 1 aromatic heterocycles. The normalized spacial score (nSPS) is 19.3. The van der Waals surface area contributed by atoms with Crippen LogP contribution in [-0.2, 0) is 32.5 Å². The lowest BCUT2D eigenvalue weighted by atomic mass is 9.32. The van der Waals surface area contributed by atoms with Gasteiger partial charge in [-0.05, 0) is 193 Å². The molecule has 0 bridgehead atoms. The molecule has 0 saturated heterocycles. The molecule has 8 aromatic carbocycles. The van der Waals surface area contributed by atoms with Gasteiger partial charge in [-0.1, -0.05) is 168 Å². The Morgan fingerprint density at radius 2 is 0.908 bits per heavy atom. The van der Waals surface area contributed by atoms with Crippen molar-refractivity contribution in [2.24, 2.45) is 0 Å². The fourth-order valence-corrected chi connectivity index (χ4v) is 15.5. The zero-order valence-electron chi connectivity index (χ0n) is 47.5. The molecular weight excluding hydrogens is 920 g/mol. The molecule has 0 fully saturated rings. The van der Waals surface area contributed by atoms with Crippen LogP contribution in [-0.4, -0.2) is 6.71 Å². The molecule has 0 spiro atoms. The minimum absolute atomic E-state index is 0.0273. The maximum absolute atomic E-state index is 7.66. The summed E-state index contributed by atoms with van der Waals surface area (Å²) in [6, 6.07) is 54.6. The van der Waals surface area contributed by atoms with E-state index in [-0.39, 0.29) is 39.2 Å². The molecule has 380 valence electrons. The molecule has 0 amide bonds. The van der Waals surface area contributed by atoms with Crippen molar-refractivity contribution in [1.82, 2.24) is 0 Å². The summed E-state index contributed by atoms with van der Waals surface area (Å²) in [6.07, 6.45) is 4.65. The molecule has 4 heteroatoms. The summed E-state index contributed by atoms with van der Waals surface area (Å²) >= 11 is 0. The molecule has 5 aliphatic rings. The molecule has 14 rings (SSSR count). The first-order valence-electron chi connectivity index (χ1n) is 28.4. The SMILES string of the molecule is Cc1cc2c3c(c1)N(c1ccccc1-c1ccccc1)c1ccc4c(oc5cc6c(cc54)C(C)(C)CCC6(C)C)c1B3c1cc3c(cc1N2c1cc2c(cc1C)C(C)(C)CCC2(C)C)C(C)(C)c1ccccc1C3(C)C. The van der Waals surface area contributed by atoms with Crippen LogP contribution >= 0.6 is 0 Å². The van der Waals surface area contributed by atoms with Crippen molar-refractivity contribution in [3.63, 3.8) is 0 Å². The maximum Gasteiger partial charge on any atom is 0.257 e. The van der Waals surface area contributed by atoms with E-state index in [1.54, 1.807) is 0 Å². The highest BCUT2D eigenvalue weighted by atomic mass is 16.3. The van der Waals surface area contributed by atoms with E-state index in [1.807, 2.05) is 0 Å². The molecule has 9 aromatic rings. The van der Waals surface area contributed by atoms with E-state index in [9.17, 15) is 0 Å². The highest BCUT2D eigenvalue weighted by Crippen LogP contribution is 2.56. The fourth-order valence-electron chi connectivity index (χ4n) is 15.5. The third kappa shape index (κ3) is 6.42. The first-order valence-corrected chi connectivity index (χ1v) is 28.4. The second kappa shape index (κ2) is 15.5. The van der Waals surface area contributed by atoms with Gasteiger partial charge in [-0.25, -0.2) is 0 Å². The summed E-state index contributed by atoms with van der Waals surface area (Å²) in [6.45, 7) is 34.0. The van der Waals surface area contributed by atoms with E-state index in [4.69, 9.17) is 4.42 Å². The quantitative estimate of drug-likeness (QED) is 0.165. The van der Waals surface area contributed by atoms with Crippen molar-refractivity contribution >= 4 is 79.2 Å². The number of rotatable bonds is 3. The lowest BCUT2D eigenvalue weighted by Crippen LogP contribution is -2.62. The van der Waals surface area contributed by atoms with Gasteiger partial charge in [-0.2, -0.15) is 0 Å². The van der Waals surface area contributed by atoms with Gasteiger partial charge in [0.05, 0.1) is 5.69 Å². The Labute approximate surface area is 452 Å². The van der Waals surface area contributed by atoms with Crippen LogP contribution in [0.5, 0.6) is 0 Å². The fraction of sp³-hybridized carbons (Fsp3) is 0.333. The highest BCUT2D eigenvalue weighted by Gasteiger charge is 2.50. The summed E-state index contributed by atoms with van der Waals surface area (Å²) in [5.41, 5.74) is 29.4. The van der Waals surface area contributed by atoms with Crippen LogP contribution in [0.25, 0.3) is 33.1 Å². The zero-order valence-corrected chi connectivity index (χ0v) is 47.5. The molecule has 76 heavy (non-hydrogen) atoms.